The average molecular weight is 281 g/mol. The zero-order chi connectivity index (χ0) is 14.3. The Kier molecular flexibility index (Phi) is 3.16. The molecular weight excluding hydrogens is 266 g/mol. The van der Waals surface area contributed by atoms with E-state index in [4.69, 9.17) is 20.3 Å². The van der Waals surface area contributed by atoms with Gasteiger partial charge in [0.25, 0.3) is 0 Å². The number of aliphatic hydroxyl groups excluding tert-OH is 2. The molecule has 1 fully saturated rings. The lowest BCUT2D eigenvalue weighted by Crippen LogP contribution is -2.24. The zero-order valence-electron chi connectivity index (χ0n) is 10.8. The monoisotopic (exact) mass is 281 g/mol. The van der Waals surface area contributed by atoms with Crippen molar-refractivity contribution in [2.24, 2.45) is 0 Å². The number of fused-ring (bicyclic) bond motifs is 1. The number of imidazole rings is 1. The number of hydrogen-bond acceptors (Lipinski definition) is 8. The summed E-state index contributed by atoms with van der Waals surface area (Å²) in [4.78, 5) is 12.2. The molecular formula is C11H15N5O4. The number of ether oxygens (including phenoxy) is 2. The van der Waals surface area contributed by atoms with Crippen molar-refractivity contribution in [3.05, 3.63) is 6.33 Å². The van der Waals surface area contributed by atoms with Crippen molar-refractivity contribution >= 4 is 17.0 Å². The van der Waals surface area contributed by atoms with Crippen molar-refractivity contribution in [3.63, 3.8) is 0 Å². The van der Waals surface area contributed by atoms with Gasteiger partial charge < -0.3 is 25.4 Å². The van der Waals surface area contributed by atoms with E-state index in [0.29, 0.717) is 17.6 Å². The maximum atomic E-state index is 9.83. The number of aromatic nitrogens is 4. The fourth-order valence-corrected chi connectivity index (χ4v) is 2.35. The Labute approximate surface area is 114 Å². The summed E-state index contributed by atoms with van der Waals surface area (Å²) in [5, 5.41) is 19.0. The number of rotatable bonds is 3. The fraction of sp³-hybridized carbons (Fsp3) is 0.545. The van der Waals surface area contributed by atoms with Crippen LogP contribution in [0.2, 0.25) is 0 Å². The molecule has 4 N–H and O–H groups in total. The maximum Gasteiger partial charge on any atom is 0.300 e. The second-order valence-electron chi connectivity index (χ2n) is 4.51. The van der Waals surface area contributed by atoms with Crippen LogP contribution in [0.3, 0.4) is 0 Å². The van der Waals surface area contributed by atoms with Crippen molar-refractivity contribution in [2.75, 3.05) is 19.5 Å². The molecule has 0 aromatic carbocycles. The summed E-state index contributed by atoms with van der Waals surface area (Å²) in [5.41, 5.74) is 6.63. The van der Waals surface area contributed by atoms with Crippen LogP contribution in [0.15, 0.2) is 6.33 Å². The van der Waals surface area contributed by atoms with Gasteiger partial charge in [-0.05, 0) is 0 Å². The average Bonchev–Trinajstić information content (AvgIpc) is 2.99. The van der Waals surface area contributed by atoms with Gasteiger partial charge in [0.05, 0.1) is 19.8 Å². The second kappa shape index (κ2) is 4.85. The summed E-state index contributed by atoms with van der Waals surface area (Å²) >= 11 is 0. The number of aliphatic hydroxyl groups is 2. The Morgan fingerprint density at radius 1 is 1.55 bits per heavy atom. The molecule has 9 nitrogen and oxygen atoms in total. The lowest BCUT2D eigenvalue weighted by Gasteiger charge is -2.15. The minimum atomic E-state index is -0.758. The van der Waals surface area contributed by atoms with Crippen LogP contribution < -0.4 is 10.5 Å². The molecule has 1 aliphatic rings. The van der Waals surface area contributed by atoms with Gasteiger partial charge in [-0.25, -0.2) is 9.97 Å². The lowest BCUT2D eigenvalue weighted by atomic mass is 10.2. The molecule has 0 aliphatic carbocycles. The first-order chi connectivity index (χ1) is 9.65. The molecule has 9 heteroatoms. The summed E-state index contributed by atoms with van der Waals surface area (Å²) < 4.78 is 12.4. The highest BCUT2D eigenvalue weighted by atomic mass is 16.5. The third-order valence-electron chi connectivity index (χ3n) is 3.33. The highest BCUT2D eigenvalue weighted by Gasteiger charge is 2.37. The van der Waals surface area contributed by atoms with E-state index in [0.717, 1.165) is 0 Å². The molecule has 3 rings (SSSR count). The summed E-state index contributed by atoms with van der Waals surface area (Å²) in [5.74, 6) is 0.240. The van der Waals surface area contributed by atoms with E-state index >= 15 is 0 Å². The van der Waals surface area contributed by atoms with Gasteiger partial charge in [0.1, 0.15) is 18.7 Å². The molecule has 1 saturated heterocycles. The molecule has 0 amide bonds. The van der Waals surface area contributed by atoms with Crippen molar-refractivity contribution in [1.82, 2.24) is 19.5 Å². The highest BCUT2D eigenvalue weighted by Crippen LogP contribution is 2.35. The van der Waals surface area contributed by atoms with E-state index in [2.05, 4.69) is 15.0 Å². The molecule has 2 aromatic rings. The SMILES string of the molecule is COc1nc2c(N)ncnc2n1C1CC(O)C(CO)O1. The number of nitrogen functional groups attached to an aromatic ring is 1. The third kappa shape index (κ3) is 1.87. The van der Waals surface area contributed by atoms with E-state index in [9.17, 15) is 5.11 Å². The number of anilines is 1. The molecule has 20 heavy (non-hydrogen) atoms. The molecule has 0 radical (unpaired) electrons. The summed E-state index contributed by atoms with van der Waals surface area (Å²) in [6.45, 7) is -0.260. The van der Waals surface area contributed by atoms with Crippen LogP contribution in [0.1, 0.15) is 12.6 Å². The van der Waals surface area contributed by atoms with Crippen LogP contribution in [-0.2, 0) is 4.74 Å². The number of hydrogen-bond donors (Lipinski definition) is 3. The van der Waals surface area contributed by atoms with Gasteiger partial charge in [0.2, 0.25) is 0 Å². The van der Waals surface area contributed by atoms with Crippen LogP contribution in [-0.4, -0.2) is 55.7 Å². The van der Waals surface area contributed by atoms with Crippen LogP contribution in [0, 0.1) is 0 Å². The molecule has 0 bridgehead atoms. The van der Waals surface area contributed by atoms with E-state index < -0.39 is 18.4 Å². The van der Waals surface area contributed by atoms with E-state index in [-0.39, 0.29) is 18.4 Å². The summed E-state index contributed by atoms with van der Waals surface area (Å²) in [6.07, 6.45) is -0.301. The minimum Gasteiger partial charge on any atom is -0.468 e. The van der Waals surface area contributed by atoms with Gasteiger partial charge in [-0.15, -0.1) is 0 Å². The second-order valence-corrected chi connectivity index (χ2v) is 4.51. The Morgan fingerprint density at radius 2 is 2.35 bits per heavy atom. The van der Waals surface area contributed by atoms with Crippen LogP contribution in [0.25, 0.3) is 11.2 Å². The Balaban J connectivity index is 2.09. The first-order valence-electron chi connectivity index (χ1n) is 6.12. The van der Waals surface area contributed by atoms with E-state index in [1.54, 1.807) is 4.57 Å². The summed E-state index contributed by atoms with van der Waals surface area (Å²) in [6, 6.07) is 0.267. The molecule has 0 saturated carbocycles. The standard InChI is InChI=1S/C11H15N5O4/c1-19-11-15-8-9(12)13-4-14-10(8)16(11)7-2-5(18)6(3-17)20-7/h4-7,17-18H,2-3H2,1H3,(H2,12,13,14). The highest BCUT2D eigenvalue weighted by molar-refractivity contribution is 5.82. The van der Waals surface area contributed by atoms with Crippen molar-refractivity contribution < 1.29 is 19.7 Å². The van der Waals surface area contributed by atoms with E-state index in [1.807, 2.05) is 0 Å². The smallest absolute Gasteiger partial charge is 0.300 e. The number of methoxy groups -OCH3 is 1. The van der Waals surface area contributed by atoms with Gasteiger partial charge in [-0.3, -0.25) is 4.57 Å². The quantitative estimate of drug-likeness (QED) is 0.657. The molecule has 2 aromatic heterocycles. The number of nitrogens with two attached hydrogens (primary N) is 1. The topological polar surface area (TPSA) is 129 Å². The van der Waals surface area contributed by atoms with Gasteiger partial charge in [0, 0.05) is 6.42 Å². The molecule has 3 heterocycles. The zero-order valence-corrected chi connectivity index (χ0v) is 10.8. The molecule has 108 valence electrons. The van der Waals surface area contributed by atoms with Gasteiger partial charge >= 0.3 is 6.01 Å². The predicted octanol–water partition coefficient (Wildman–Crippen LogP) is -0.942. The third-order valence-corrected chi connectivity index (χ3v) is 3.33. The normalized spacial score (nSPS) is 26.2. The molecule has 3 atom stereocenters. The first kappa shape index (κ1) is 13.0. The van der Waals surface area contributed by atoms with Gasteiger partial charge in [-0.2, -0.15) is 4.98 Å². The fourth-order valence-electron chi connectivity index (χ4n) is 2.35. The van der Waals surface area contributed by atoms with Gasteiger partial charge in [-0.1, -0.05) is 0 Å². The van der Waals surface area contributed by atoms with Crippen molar-refractivity contribution in [1.29, 1.82) is 0 Å². The van der Waals surface area contributed by atoms with Crippen molar-refractivity contribution in [3.8, 4) is 6.01 Å². The van der Waals surface area contributed by atoms with Crippen molar-refractivity contribution in [2.45, 2.75) is 24.9 Å². The molecule has 3 unspecified atom stereocenters. The molecule has 1 aliphatic heterocycles. The maximum absolute atomic E-state index is 9.83. The minimum absolute atomic E-state index is 0.240. The number of nitrogens with zero attached hydrogens (tertiary/aromatic N) is 4. The van der Waals surface area contributed by atoms with Crippen LogP contribution in [0.4, 0.5) is 5.82 Å². The molecule has 0 spiro atoms. The Morgan fingerprint density at radius 3 is 3.00 bits per heavy atom. The lowest BCUT2D eigenvalue weighted by molar-refractivity contribution is -0.0450. The van der Waals surface area contributed by atoms with Gasteiger partial charge in [0.15, 0.2) is 17.0 Å². The predicted molar refractivity (Wildman–Crippen MR) is 67.9 cm³/mol. The van der Waals surface area contributed by atoms with Crippen LogP contribution >= 0.6 is 0 Å². The Hall–Kier alpha value is -1.97. The Bertz CT molecular complexity index is 631. The first-order valence-corrected chi connectivity index (χ1v) is 6.12. The van der Waals surface area contributed by atoms with Crippen LogP contribution in [0.5, 0.6) is 6.01 Å². The summed E-state index contributed by atoms with van der Waals surface area (Å²) in [7, 11) is 1.47. The van der Waals surface area contributed by atoms with E-state index in [1.165, 1.54) is 13.4 Å². The largest absolute Gasteiger partial charge is 0.468 e.